The van der Waals surface area contributed by atoms with Crippen molar-refractivity contribution in [3.8, 4) is 0 Å². The molecule has 1 fully saturated rings. The van der Waals surface area contributed by atoms with Crippen LogP contribution < -0.4 is 10.9 Å². The minimum atomic E-state index is -0.0673. The van der Waals surface area contributed by atoms with Crippen LogP contribution in [-0.2, 0) is 6.42 Å². The van der Waals surface area contributed by atoms with Gasteiger partial charge in [0.2, 0.25) is 5.95 Å². The van der Waals surface area contributed by atoms with E-state index in [9.17, 15) is 4.79 Å². The largest absolute Gasteiger partial charge is 0.353 e. The molecule has 1 heterocycles. The molecule has 82 valence electrons. The van der Waals surface area contributed by atoms with Gasteiger partial charge in [-0.1, -0.05) is 19.8 Å². The maximum atomic E-state index is 11.3. The zero-order valence-electron chi connectivity index (χ0n) is 9.05. The van der Waals surface area contributed by atoms with Gasteiger partial charge < -0.3 is 5.32 Å². The lowest BCUT2D eigenvalue weighted by atomic mass is 10.2. The maximum Gasteiger partial charge on any atom is 0.252 e. The van der Waals surface area contributed by atoms with Crippen molar-refractivity contribution < 1.29 is 0 Å². The standard InChI is InChI=1S/C11H17N3O/c1-2-8-7-10(15)14-11(12-8)13-9-5-3-4-6-9/h7,9H,2-6H2,1H3,(H2,12,13,14,15). The Hall–Kier alpha value is -1.32. The number of rotatable bonds is 3. The molecule has 15 heavy (non-hydrogen) atoms. The van der Waals surface area contributed by atoms with Gasteiger partial charge in [-0.25, -0.2) is 4.98 Å². The fourth-order valence-electron chi connectivity index (χ4n) is 2.02. The molecule has 4 heteroatoms. The molecule has 0 radical (unpaired) electrons. The number of anilines is 1. The average molecular weight is 207 g/mol. The Morgan fingerprint density at radius 1 is 1.53 bits per heavy atom. The van der Waals surface area contributed by atoms with E-state index in [0.29, 0.717) is 12.0 Å². The van der Waals surface area contributed by atoms with Crippen molar-refractivity contribution in [1.82, 2.24) is 9.97 Å². The molecule has 1 aromatic rings. The van der Waals surface area contributed by atoms with Crippen LogP contribution in [0.5, 0.6) is 0 Å². The van der Waals surface area contributed by atoms with Gasteiger partial charge in [-0.05, 0) is 19.3 Å². The van der Waals surface area contributed by atoms with Crippen LogP contribution in [0.3, 0.4) is 0 Å². The van der Waals surface area contributed by atoms with Crippen molar-refractivity contribution in [2.75, 3.05) is 5.32 Å². The fraction of sp³-hybridized carbons (Fsp3) is 0.636. The predicted octanol–water partition coefficient (Wildman–Crippen LogP) is 1.69. The lowest BCUT2D eigenvalue weighted by Gasteiger charge is -2.12. The van der Waals surface area contributed by atoms with Crippen molar-refractivity contribution >= 4 is 5.95 Å². The molecule has 0 aromatic carbocycles. The van der Waals surface area contributed by atoms with Crippen LogP contribution in [0.2, 0.25) is 0 Å². The monoisotopic (exact) mass is 207 g/mol. The molecule has 1 aliphatic carbocycles. The van der Waals surface area contributed by atoms with E-state index in [1.807, 2.05) is 6.92 Å². The summed E-state index contributed by atoms with van der Waals surface area (Å²) in [7, 11) is 0. The molecule has 1 aliphatic rings. The highest BCUT2D eigenvalue weighted by Gasteiger charge is 2.15. The van der Waals surface area contributed by atoms with Gasteiger partial charge in [-0.15, -0.1) is 0 Å². The van der Waals surface area contributed by atoms with Crippen LogP contribution in [0.4, 0.5) is 5.95 Å². The molecule has 2 N–H and O–H groups in total. The molecule has 0 aliphatic heterocycles. The molecule has 0 spiro atoms. The van der Waals surface area contributed by atoms with Crippen molar-refractivity contribution in [2.45, 2.75) is 45.1 Å². The summed E-state index contributed by atoms with van der Waals surface area (Å²) in [6.45, 7) is 2.00. The van der Waals surface area contributed by atoms with E-state index in [2.05, 4.69) is 15.3 Å². The molecule has 0 saturated heterocycles. The Kier molecular flexibility index (Phi) is 3.04. The number of H-pyrrole nitrogens is 1. The second-order valence-electron chi connectivity index (χ2n) is 4.06. The summed E-state index contributed by atoms with van der Waals surface area (Å²) in [5.41, 5.74) is 0.779. The predicted molar refractivity (Wildman–Crippen MR) is 60.1 cm³/mol. The van der Waals surface area contributed by atoms with E-state index in [1.165, 1.54) is 25.7 Å². The zero-order chi connectivity index (χ0) is 10.7. The number of aromatic nitrogens is 2. The first kappa shape index (κ1) is 10.2. The topological polar surface area (TPSA) is 57.8 Å². The minimum Gasteiger partial charge on any atom is -0.353 e. The summed E-state index contributed by atoms with van der Waals surface area (Å²) in [4.78, 5) is 18.4. The number of nitrogens with zero attached hydrogens (tertiary/aromatic N) is 1. The SMILES string of the molecule is CCc1cc(=O)[nH]c(NC2CCCC2)n1. The molecule has 4 nitrogen and oxygen atoms in total. The zero-order valence-corrected chi connectivity index (χ0v) is 9.05. The number of hydrogen-bond acceptors (Lipinski definition) is 3. The summed E-state index contributed by atoms with van der Waals surface area (Å²) in [5, 5.41) is 3.29. The smallest absolute Gasteiger partial charge is 0.252 e. The lowest BCUT2D eigenvalue weighted by Crippen LogP contribution is -2.20. The normalized spacial score (nSPS) is 16.9. The average Bonchev–Trinajstić information content (AvgIpc) is 2.69. The third kappa shape index (κ3) is 2.58. The van der Waals surface area contributed by atoms with E-state index in [1.54, 1.807) is 6.07 Å². The van der Waals surface area contributed by atoms with Crippen LogP contribution in [0.15, 0.2) is 10.9 Å². The molecule has 1 aromatic heterocycles. The number of hydrogen-bond donors (Lipinski definition) is 2. The van der Waals surface area contributed by atoms with Gasteiger partial charge in [-0.3, -0.25) is 9.78 Å². The molecule has 0 bridgehead atoms. The fourth-order valence-corrected chi connectivity index (χ4v) is 2.02. The van der Waals surface area contributed by atoms with E-state index in [0.717, 1.165) is 12.1 Å². The molecule has 1 saturated carbocycles. The van der Waals surface area contributed by atoms with Crippen molar-refractivity contribution in [3.05, 3.63) is 22.1 Å². The van der Waals surface area contributed by atoms with Gasteiger partial charge in [-0.2, -0.15) is 0 Å². The minimum absolute atomic E-state index is 0.0673. The molecule has 0 unspecified atom stereocenters. The van der Waals surface area contributed by atoms with E-state index < -0.39 is 0 Å². The summed E-state index contributed by atoms with van der Waals surface area (Å²) in [5.74, 6) is 0.631. The Labute approximate surface area is 89.1 Å². The highest BCUT2D eigenvalue weighted by Crippen LogP contribution is 2.20. The van der Waals surface area contributed by atoms with Gasteiger partial charge >= 0.3 is 0 Å². The van der Waals surface area contributed by atoms with Gasteiger partial charge in [0, 0.05) is 17.8 Å². The number of aromatic amines is 1. The second-order valence-corrected chi connectivity index (χ2v) is 4.06. The Balaban J connectivity index is 2.12. The molecule has 0 atom stereocenters. The van der Waals surface area contributed by atoms with Crippen LogP contribution in [-0.4, -0.2) is 16.0 Å². The maximum absolute atomic E-state index is 11.3. The van der Waals surface area contributed by atoms with Gasteiger partial charge in [0.05, 0.1) is 0 Å². The third-order valence-electron chi connectivity index (χ3n) is 2.85. The Bertz CT molecular complexity index is 380. The molecule has 0 amide bonds. The summed E-state index contributed by atoms with van der Waals surface area (Å²) in [6, 6.07) is 2.04. The third-order valence-corrected chi connectivity index (χ3v) is 2.85. The quantitative estimate of drug-likeness (QED) is 0.793. The highest BCUT2D eigenvalue weighted by molar-refractivity contribution is 5.27. The first-order chi connectivity index (χ1) is 7.28. The molecule has 2 rings (SSSR count). The molecular formula is C11H17N3O. The summed E-state index contributed by atoms with van der Waals surface area (Å²) < 4.78 is 0. The van der Waals surface area contributed by atoms with Crippen molar-refractivity contribution in [3.63, 3.8) is 0 Å². The number of aryl methyl sites for hydroxylation is 1. The van der Waals surface area contributed by atoms with Crippen LogP contribution in [0.25, 0.3) is 0 Å². The van der Waals surface area contributed by atoms with E-state index in [4.69, 9.17) is 0 Å². The second kappa shape index (κ2) is 4.47. The lowest BCUT2D eigenvalue weighted by molar-refractivity contribution is 0.740. The first-order valence-electron chi connectivity index (χ1n) is 5.64. The first-order valence-corrected chi connectivity index (χ1v) is 5.64. The molecular weight excluding hydrogens is 190 g/mol. The summed E-state index contributed by atoms with van der Waals surface area (Å²) in [6.07, 6.45) is 5.70. The van der Waals surface area contributed by atoms with Gasteiger partial charge in [0.15, 0.2) is 0 Å². The van der Waals surface area contributed by atoms with Crippen LogP contribution in [0, 0.1) is 0 Å². The highest BCUT2D eigenvalue weighted by atomic mass is 16.1. The van der Waals surface area contributed by atoms with Gasteiger partial charge in [0.25, 0.3) is 5.56 Å². The van der Waals surface area contributed by atoms with E-state index >= 15 is 0 Å². The Morgan fingerprint density at radius 3 is 2.93 bits per heavy atom. The van der Waals surface area contributed by atoms with Gasteiger partial charge in [0.1, 0.15) is 0 Å². The van der Waals surface area contributed by atoms with Crippen LogP contribution in [0.1, 0.15) is 38.3 Å². The van der Waals surface area contributed by atoms with Crippen LogP contribution >= 0.6 is 0 Å². The number of nitrogens with one attached hydrogen (secondary N) is 2. The Morgan fingerprint density at radius 2 is 2.27 bits per heavy atom. The summed E-state index contributed by atoms with van der Waals surface area (Å²) >= 11 is 0. The van der Waals surface area contributed by atoms with Crippen molar-refractivity contribution in [2.24, 2.45) is 0 Å². The van der Waals surface area contributed by atoms with Crippen molar-refractivity contribution in [1.29, 1.82) is 0 Å². The van der Waals surface area contributed by atoms with E-state index in [-0.39, 0.29) is 5.56 Å².